The molecule has 1 heterocycles. The fourth-order valence-corrected chi connectivity index (χ4v) is 2.76. The molecule has 0 fully saturated rings. The second-order valence-electron chi connectivity index (χ2n) is 5.72. The number of nitrogens with one attached hydrogen (secondary N) is 1. The predicted molar refractivity (Wildman–Crippen MR) is 94.5 cm³/mol. The molecule has 2 aromatic rings. The molecule has 7 heteroatoms. The van der Waals surface area contributed by atoms with Crippen LogP contribution in [-0.2, 0) is 0 Å². The van der Waals surface area contributed by atoms with E-state index in [0.717, 1.165) is 5.56 Å². The quantitative estimate of drug-likeness (QED) is 0.855. The maximum absolute atomic E-state index is 12.7. The van der Waals surface area contributed by atoms with Crippen LogP contribution in [0.1, 0.15) is 28.9 Å². The zero-order chi connectivity index (χ0) is 18.7. The molecule has 0 spiro atoms. The average Bonchev–Trinajstić information content (AvgIpc) is 3.14. The summed E-state index contributed by atoms with van der Waals surface area (Å²) in [5, 5.41) is 2.96. The van der Waals surface area contributed by atoms with Crippen LogP contribution in [0.3, 0.4) is 0 Å². The highest BCUT2D eigenvalue weighted by Crippen LogP contribution is 2.38. The molecule has 0 radical (unpaired) electrons. The zero-order valence-corrected chi connectivity index (χ0v) is 15.1. The van der Waals surface area contributed by atoms with E-state index in [2.05, 4.69) is 5.32 Å². The van der Waals surface area contributed by atoms with Gasteiger partial charge in [0.2, 0.25) is 12.5 Å². The van der Waals surface area contributed by atoms with E-state index in [1.165, 1.54) is 21.3 Å². The molecule has 1 aliphatic heterocycles. The molecule has 1 atom stereocenters. The summed E-state index contributed by atoms with van der Waals surface area (Å²) in [7, 11) is 4.53. The first kappa shape index (κ1) is 17.7. The molecule has 0 aliphatic carbocycles. The Morgan fingerprint density at radius 2 is 1.65 bits per heavy atom. The summed E-state index contributed by atoms with van der Waals surface area (Å²) in [4.78, 5) is 12.7. The Bertz CT molecular complexity index is 795. The maximum atomic E-state index is 12.7. The van der Waals surface area contributed by atoms with Crippen molar-refractivity contribution in [3.8, 4) is 28.7 Å². The second kappa shape index (κ2) is 7.43. The summed E-state index contributed by atoms with van der Waals surface area (Å²) in [5.74, 6) is 2.42. The standard InChI is InChI=1S/C19H21NO6/c1-11(12-5-6-14-15(7-12)26-10-25-14)20-19(21)13-8-16(22-2)18(24-4)17(9-13)23-3/h5-9,11H,10H2,1-4H3,(H,20,21). The van der Waals surface area contributed by atoms with Crippen LogP contribution in [0, 0.1) is 0 Å². The number of fused-ring (bicyclic) bond motifs is 1. The molecule has 0 aromatic heterocycles. The molecule has 7 nitrogen and oxygen atoms in total. The van der Waals surface area contributed by atoms with Gasteiger partial charge in [0.1, 0.15) is 0 Å². The van der Waals surface area contributed by atoms with Gasteiger partial charge in [-0.15, -0.1) is 0 Å². The molecule has 1 aliphatic rings. The van der Waals surface area contributed by atoms with E-state index in [1.54, 1.807) is 12.1 Å². The van der Waals surface area contributed by atoms with E-state index in [0.29, 0.717) is 34.3 Å². The average molecular weight is 359 g/mol. The van der Waals surface area contributed by atoms with E-state index in [1.807, 2.05) is 25.1 Å². The SMILES string of the molecule is COc1cc(C(=O)NC(C)c2ccc3c(c2)OCO3)cc(OC)c1OC. The molecule has 1 amide bonds. The largest absolute Gasteiger partial charge is 0.493 e. The van der Waals surface area contributed by atoms with Gasteiger partial charge in [-0.05, 0) is 36.8 Å². The minimum Gasteiger partial charge on any atom is -0.493 e. The monoisotopic (exact) mass is 359 g/mol. The number of methoxy groups -OCH3 is 3. The number of rotatable bonds is 6. The van der Waals surface area contributed by atoms with Crippen molar-refractivity contribution < 1.29 is 28.5 Å². The van der Waals surface area contributed by atoms with Crippen LogP contribution in [0.5, 0.6) is 28.7 Å². The number of amides is 1. The molecule has 1 unspecified atom stereocenters. The first-order valence-electron chi connectivity index (χ1n) is 8.07. The number of ether oxygens (including phenoxy) is 5. The summed E-state index contributed by atoms with van der Waals surface area (Å²) in [6, 6.07) is 8.60. The fourth-order valence-electron chi connectivity index (χ4n) is 2.76. The van der Waals surface area contributed by atoms with Crippen LogP contribution >= 0.6 is 0 Å². The van der Waals surface area contributed by atoms with E-state index in [9.17, 15) is 4.79 Å². The number of carbonyl (C=O) groups is 1. The van der Waals surface area contributed by atoms with E-state index in [-0.39, 0.29) is 18.7 Å². The highest BCUT2D eigenvalue weighted by Gasteiger charge is 2.20. The Balaban J connectivity index is 1.81. The summed E-state index contributed by atoms with van der Waals surface area (Å²) < 4.78 is 26.6. The first-order chi connectivity index (χ1) is 12.6. The van der Waals surface area contributed by atoms with Crippen LogP contribution in [0.25, 0.3) is 0 Å². The summed E-state index contributed by atoms with van der Waals surface area (Å²) in [6.45, 7) is 2.11. The van der Waals surface area contributed by atoms with Crippen molar-refractivity contribution in [2.75, 3.05) is 28.1 Å². The maximum Gasteiger partial charge on any atom is 0.252 e. The van der Waals surface area contributed by atoms with Crippen LogP contribution in [0.2, 0.25) is 0 Å². The van der Waals surface area contributed by atoms with Crippen molar-refractivity contribution >= 4 is 5.91 Å². The van der Waals surface area contributed by atoms with Crippen molar-refractivity contribution in [3.05, 3.63) is 41.5 Å². The van der Waals surface area contributed by atoms with Gasteiger partial charge in [-0.3, -0.25) is 4.79 Å². The molecule has 0 saturated carbocycles. The van der Waals surface area contributed by atoms with Crippen molar-refractivity contribution in [2.24, 2.45) is 0 Å². The molecule has 0 saturated heterocycles. The normalized spacial score (nSPS) is 13.1. The molecule has 1 N–H and O–H groups in total. The van der Waals surface area contributed by atoms with E-state index >= 15 is 0 Å². The van der Waals surface area contributed by atoms with Crippen molar-refractivity contribution in [2.45, 2.75) is 13.0 Å². The Hall–Kier alpha value is -3.09. The predicted octanol–water partition coefficient (Wildman–Crippen LogP) is 2.93. The van der Waals surface area contributed by atoms with Gasteiger partial charge in [-0.25, -0.2) is 0 Å². The molecular formula is C19H21NO6. The van der Waals surface area contributed by atoms with Gasteiger partial charge in [0.15, 0.2) is 23.0 Å². The van der Waals surface area contributed by atoms with Crippen molar-refractivity contribution in [1.82, 2.24) is 5.32 Å². The van der Waals surface area contributed by atoms with E-state index < -0.39 is 0 Å². The van der Waals surface area contributed by atoms with Crippen LogP contribution < -0.4 is 29.0 Å². The molecule has 0 bridgehead atoms. The Kier molecular flexibility index (Phi) is 5.06. The smallest absolute Gasteiger partial charge is 0.252 e. The number of carbonyl (C=O) groups excluding carboxylic acids is 1. The van der Waals surface area contributed by atoms with Gasteiger partial charge >= 0.3 is 0 Å². The third-order valence-electron chi connectivity index (χ3n) is 4.17. The van der Waals surface area contributed by atoms with Crippen molar-refractivity contribution in [1.29, 1.82) is 0 Å². The molecule has 2 aromatic carbocycles. The summed E-state index contributed by atoms with van der Waals surface area (Å²) in [5.41, 5.74) is 1.32. The molecular weight excluding hydrogens is 338 g/mol. The van der Waals surface area contributed by atoms with Gasteiger partial charge in [-0.1, -0.05) is 6.07 Å². The topological polar surface area (TPSA) is 75.3 Å². The third kappa shape index (κ3) is 3.33. The Labute approximate surface area is 151 Å². The third-order valence-corrected chi connectivity index (χ3v) is 4.17. The van der Waals surface area contributed by atoms with Crippen LogP contribution in [-0.4, -0.2) is 34.0 Å². The van der Waals surface area contributed by atoms with Gasteiger partial charge in [0, 0.05) is 5.56 Å². The summed E-state index contributed by atoms with van der Waals surface area (Å²) in [6.07, 6.45) is 0. The zero-order valence-electron chi connectivity index (χ0n) is 15.1. The lowest BCUT2D eigenvalue weighted by atomic mass is 10.1. The fraction of sp³-hybridized carbons (Fsp3) is 0.316. The van der Waals surface area contributed by atoms with Crippen LogP contribution in [0.15, 0.2) is 30.3 Å². The van der Waals surface area contributed by atoms with E-state index in [4.69, 9.17) is 23.7 Å². The lowest BCUT2D eigenvalue weighted by Crippen LogP contribution is -2.26. The summed E-state index contributed by atoms with van der Waals surface area (Å²) >= 11 is 0. The second-order valence-corrected chi connectivity index (χ2v) is 5.72. The highest BCUT2D eigenvalue weighted by atomic mass is 16.7. The highest BCUT2D eigenvalue weighted by molar-refractivity contribution is 5.95. The van der Waals surface area contributed by atoms with Gasteiger partial charge in [0.05, 0.1) is 27.4 Å². The Morgan fingerprint density at radius 1 is 1.00 bits per heavy atom. The Morgan fingerprint density at radius 3 is 2.27 bits per heavy atom. The lowest BCUT2D eigenvalue weighted by Gasteiger charge is -2.17. The molecule has 26 heavy (non-hydrogen) atoms. The van der Waals surface area contributed by atoms with Crippen LogP contribution in [0.4, 0.5) is 0 Å². The lowest BCUT2D eigenvalue weighted by molar-refractivity contribution is 0.0939. The minimum atomic E-state index is -0.255. The number of hydrogen-bond donors (Lipinski definition) is 1. The number of benzene rings is 2. The molecule has 3 rings (SSSR count). The minimum absolute atomic E-state index is 0.213. The number of hydrogen-bond acceptors (Lipinski definition) is 6. The van der Waals surface area contributed by atoms with Gasteiger partial charge in [-0.2, -0.15) is 0 Å². The van der Waals surface area contributed by atoms with Gasteiger partial charge < -0.3 is 29.0 Å². The molecule has 138 valence electrons. The first-order valence-corrected chi connectivity index (χ1v) is 8.07. The van der Waals surface area contributed by atoms with Crippen molar-refractivity contribution in [3.63, 3.8) is 0 Å². The van der Waals surface area contributed by atoms with Gasteiger partial charge in [0.25, 0.3) is 5.91 Å².